The SMILES string of the molecule is NC1CCCC1Cc1c[nH]c2ccccc12. The molecule has 1 aromatic heterocycles. The Morgan fingerprint density at radius 3 is 2.94 bits per heavy atom. The zero-order valence-electron chi connectivity index (χ0n) is 9.45. The molecule has 1 heterocycles. The summed E-state index contributed by atoms with van der Waals surface area (Å²) in [7, 11) is 0. The number of aromatic amines is 1. The molecule has 0 amide bonds. The van der Waals surface area contributed by atoms with Crippen LogP contribution in [0.25, 0.3) is 10.9 Å². The molecule has 1 aliphatic rings. The molecule has 0 aliphatic heterocycles. The number of benzene rings is 1. The van der Waals surface area contributed by atoms with Gasteiger partial charge in [0.25, 0.3) is 0 Å². The fourth-order valence-corrected chi connectivity index (χ4v) is 2.90. The third-order valence-corrected chi connectivity index (χ3v) is 3.87. The van der Waals surface area contributed by atoms with Gasteiger partial charge in [0.05, 0.1) is 0 Å². The van der Waals surface area contributed by atoms with Gasteiger partial charge in [0.1, 0.15) is 0 Å². The van der Waals surface area contributed by atoms with Crippen molar-refractivity contribution in [1.29, 1.82) is 0 Å². The van der Waals surface area contributed by atoms with E-state index >= 15 is 0 Å². The first-order chi connectivity index (χ1) is 7.84. The molecule has 0 bridgehead atoms. The zero-order chi connectivity index (χ0) is 11.0. The van der Waals surface area contributed by atoms with E-state index in [1.54, 1.807) is 0 Å². The van der Waals surface area contributed by atoms with Gasteiger partial charge in [-0.3, -0.25) is 0 Å². The number of H-pyrrole nitrogens is 1. The van der Waals surface area contributed by atoms with Crippen LogP contribution in [-0.2, 0) is 6.42 Å². The summed E-state index contributed by atoms with van der Waals surface area (Å²) in [6.45, 7) is 0. The monoisotopic (exact) mass is 214 g/mol. The van der Waals surface area contributed by atoms with Gasteiger partial charge in [-0.15, -0.1) is 0 Å². The molecule has 3 rings (SSSR count). The van der Waals surface area contributed by atoms with Crippen LogP contribution in [0.2, 0.25) is 0 Å². The summed E-state index contributed by atoms with van der Waals surface area (Å²) in [4.78, 5) is 3.34. The molecule has 2 heteroatoms. The lowest BCUT2D eigenvalue weighted by atomic mass is 9.95. The third kappa shape index (κ3) is 1.63. The minimum Gasteiger partial charge on any atom is -0.361 e. The molecule has 1 fully saturated rings. The van der Waals surface area contributed by atoms with Gasteiger partial charge in [0.15, 0.2) is 0 Å². The van der Waals surface area contributed by atoms with Gasteiger partial charge >= 0.3 is 0 Å². The molecule has 1 aromatic carbocycles. The summed E-state index contributed by atoms with van der Waals surface area (Å²) in [6.07, 6.45) is 7.07. The maximum Gasteiger partial charge on any atom is 0.0456 e. The maximum atomic E-state index is 6.13. The van der Waals surface area contributed by atoms with E-state index in [1.165, 1.54) is 35.7 Å². The molecular weight excluding hydrogens is 196 g/mol. The Balaban J connectivity index is 1.89. The van der Waals surface area contributed by atoms with Gasteiger partial charge in [-0.25, -0.2) is 0 Å². The van der Waals surface area contributed by atoms with Crippen molar-refractivity contribution < 1.29 is 0 Å². The molecule has 16 heavy (non-hydrogen) atoms. The molecular formula is C14H18N2. The van der Waals surface area contributed by atoms with Crippen LogP contribution in [0.3, 0.4) is 0 Å². The van der Waals surface area contributed by atoms with Gasteiger partial charge in [0.2, 0.25) is 0 Å². The lowest BCUT2D eigenvalue weighted by molar-refractivity contribution is 0.480. The Labute approximate surface area is 95.8 Å². The highest BCUT2D eigenvalue weighted by atomic mass is 14.7. The minimum absolute atomic E-state index is 0.411. The first-order valence-corrected chi connectivity index (χ1v) is 6.15. The second-order valence-electron chi connectivity index (χ2n) is 4.92. The quantitative estimate of drug-likeness (QED) is 0.793. The molecule has 2 unspecified atom stereocenters. The van der Waals surface area contributed by atoms with Gasteiger partial charge in [-0.1, -0.05) is 24.6 Å². The van der Waals surface area contributed by atoms with Crippen molar-refractivity contribution in [1.82, 2.24) is 4.98 Å². The van der Waals surface area contributed by atoms with Crippen LogP contribution in [0.1, 0.15) is 24.8 Å². The Hall–Kier alpha value is -1.28. The van der Waals surface area contributed by atoms with E-state index in [2.05, 4.69) is 35.4 Å². The molecule has 2 atom stereocenters. The molecule has 0 spiro atoms. The molecule has 1 saturated carbocycles. The number of hydrogen-bond acceptors (Lipinski definition) is 1. The van der Waals surface area contributed by atoms with Crippen LogP contribution in [0.4, 0.5) is 0 Å². The summed E-state index contributed by atoms with van der Waals surface area (Å²) in [6, 6.07) is 8.92. The molecule has 1 aliphatic carbocycles. The van der Waals surface area contributed by atoms with Crippen molar-refractivity contribution in [3.63, 3.8) is 0 Å². The second-order valence-corrected chi connectivity index (χ2v) is 4.92. The van der Waals surface area contributed by atoms with Crippen LogP contribution >= 0.6 is 0 Å². The standard InChI is InChI=1S/C14H18N2/c15-13-6-3-4-10(13)8-11-9-16-14-7-2-1-5-12(11)14/h1-2,5,7,9-10,13,16H,3-4,6,8,15H2. The fraction of sp³-hybridized carbons (Fsp3) is 0.429. The molecule has 0 saturated heterocycles. The number of para-hydroxylation sites is 1. The summed E-state index contributed by atoms with van der Waals surface area (Å²) in [5.41, 5.74) is 8.80. The Morgan fingerprint density at radius 2 is 2.12 bits per heavy atom. The van der Waals surface area contributed by atoms with E-state index in [-0.39, 0.29) is 0 Å². The number of fused-ring (bicyclic) bond motifs is 1. The highest BCUT2D eigenvalue weighted by Crippen LogP contribution is 2.29. The topological polar surface area (TPSA) is 41.8 Å². The predicted molar refractivity (Wildman–Crippen MR) is 67.3 cm³/mol. The average molecular weight is 214 g/mol. The van der Waals surface area contributed by atoms with Crippen LogP contribution in [0.15, 0.2) is 30.5 Å². The molecule has 2 aromatic rings. The third-order valence-electron chi connectivity index (χ3n) is 3.87. The van der Waals surface area contributed by atoms with Crippen molar-refractivity contribution in [3.8, 4) is 0 Å². The largest absolute Gasteiger partial charge is 0.361 e. The number of nitrogens with two attached hydrogens (primary N) is 1. The van der Waals surface area contributed by atoms with Crippen LogP contribution in [-0.4, -0.2) is 11.0 Å². The Kier molecular flexibility index (Phi) is 2.44. The lowest BCUT2D eigenvalue weighted by Gasteiger charge is -2.14. The van der Waals surface area contributed by atoms with E-state index in [1.807, 2.05) is 0 Å². The van der Waals surface area contributed by atoms with Gasteiger partial charge in [-0.05, 0) is 36.8 Å². The van der Waals surface area contributed by atoms with E-state index in [4.69, 9.17) is 5.73 Å². The van der Waals surface area contributed by atoms with Gasteiger partial charge in [-0.2, -0.15) is 0 Å². The van der Waals surface area contributed by atoms with Crippen molar-refractivity contribution >= 4 is 10.9 Å². The van der Waals surface area contributed by atoms with Crippen LogP contribution < -0.4 is 5.73 Å². The van der Waals surface area contributed by atoms with Crippen molar-refractivity contribution in [2.75, 3.05) is 0 Å². The zero-order valence-corrected chi connectivity index (χ0v) is 9.45. The smallest absolute Gasteiger partial charge is 0.0456 e. The Morgan fingerprint density at radius 1 is 1.25 bits per heavy atom. The van der Waals surface area contributed by atoms with E-state index < -0.39 is 0 Å². The van der Waals surface area contributed by atoms with E-state index in [9.17, 15) is 0 Å². The van der Waals surface area contributed by atoms with Gasteiger partial charge < -0.3 is 10.7 Å². The van der Waals surface area contributed by atoms with E-state index in [0.717, 1.165) is 6.42 Å². The van der Waals surface area contributed by atoms with Crippen molar-refractivity contribution in [3.05, 3.63) is 36.0 Å². The van der Waals surface area contributed by atoms with Crippen molar-refractivity contribution in [2.45, 2.75) is 31.7 Å². The summed E-state index contributed by atoms with van der Waals surface area (Å²) >= 11 is 0. The number of rotatable bonds is 2. The van der Waals surface area contributed by atoms with Crippen molar-refractivity contribution in [2.24, 2.45) is 11.7 Å². The van der Waals surface area contributed by atoms with Gasteiger partial charge in [0, 0.05) is 23.1 Å². The number of nitrogens with one attached hydrogen (secondary N) is 1. The second kappa shape index (κ2) is 3.95. The average Bonchev–Trinajstić information content (AvgIpc) is 2.88. The lowest BCUT2D eigenvalue weighted by Crippen LogP contribution is -2.25. The highest BCUT2D eigenvalue weighted by Gasteiger charge is 2.24. The van der Waals surface area contributed by atoms with Crippen LogP contribution in [0, 0.1) is 5.92 Å². The molecule has 0 radical (unpaired) electrons. The first-order valence-electron chi connectivity index (χ1n) is 6.15. The molecule has 3 N–H and O–H groups in total. The molecule has 2 nitrogen and oxygen atoms in total. The number of aromatic nitrogens is 1. The summed E-state index contributed by atoms with van der Waals surface area (Å²) < 4.78 is 0. The fourth-order valence-electron chi connectivity index (χ4n) is 2.90. The van der Waals surface area contributed by atoms with E-state index in [0.29, 0.717) is 12.0 Å². The maximum absolute atomic E-state index is 6.13. The Bertz CT molecular complexity index is 486. The van der Waals surface area contributed by atoms with Crippen LogP contribution in [0.5, 0.6) is 0 Å². The molecule has 84 valence electrons. The first kappa shape index (κ1) is 9.91. The summed E-state index contributed by atoms with van der Waals surface area (Å²) in [5, 5.41) is 1.36. The highest BCUT2D eigenvalue weighted by molar-refractivity contribution is 5.83. The number of hydrogen-bond donors (Lipinski definition) is 2. The predicted octanol–water partition coefficient (Wildman–Crippen LogP) is 2.84. The minimum atomic E-state index is 0.411. The summed E-state index contributed by atoms with van der Waals surface area (Å²) in [5.74, 6) is 0.680. The normalized spacial score (nSPS) is 25.3.